The highest BCUT2D eigenvalue weighted by Gasteiger charge is 2.45. The summed E-state index contributed by atoms with van der Waals surface area (Å²) in [5.41, 5.74) is 12.1. The van der Waals surface area contributed by atoms with E-state index in [0.29, 0.717) is 29.8 Å². The number of fused-ring (bicyclic) bond motifs is 2. The van der Waals surface area contributed by atoms with Gasteiger partial charge in [0.25, 0.3) is 0 Å². The maximum Gasteiger partial charge on any atom is 0.145 e. The minimum atomic E-state index is -0.840. The molecule has 2 aliphatic carbocycles. The lowest BCUT2D eigenvalue weighted by Gasteiger charge is -2.45. The quantitative estimate of drug-likeness (QED) is 0.315. The lowest BCUT2D eigenvalue weighted by atomic mass is 9.75. The molecule has 8 heteroatoms. The third-order valence-electron chi connectivity index (χ3n) is 9.93. The summed E-state index contributed by atoms with van der Waals surface area (Å²) in [5, 5.41) is 23.0. The molecule has 4 N–H and O–H groups in total. The third kappa shape index (κ3) is 5.73. The summed E-state index contributed by atoms with van der Waals surface area (Å²) >= 11 is 0. The van der Waals surface area contributed by atoms with Crippen LogP contribution in [0.1, 0.15) is 83.9 Å². The summed E-state index contributed by atoms with van der Waals surface area (Å²) in [6.07, 6.45) is 8.15. The number of aliphatic imine (C=N–C) groups is 1. The van der Waals surface area contributed by atoms with Crippen molar-refractivity contribution >= 4 is 28.3 Å². The van der Waals surface area contributed by atoms with Gasteiger partial charge in [-0.25, -0.2) is 9.97 Å². The number of hydrogen-bond acceptors (Lipinski definition) is 7. The Balaban J connectivity index is 1.05. The molecule has 2 fully saturated rings. The molecule has 2 saturated carbocycles. The average Bonchev–Trinajstić information content (AvgIpc) is 3.59. The van der Waals surface area contributed by atoms with Crippen molar-refractivity contribution in [2.75, 3.05) is 18.8 Å². The fourth-order valence-corrected chi connectivity index (χ4v) is 7.42. The second-order valence-corrected chi connectivity index (χ2v) is 14.6. The minimum Gasteiger partial charge on any atom is -0.390 e. The standard InChI is InChI=1S/C34H48N6O2/c1-20(2)17-39(18-23-15-29(31(42)30(23)41)40-11-10-27-32(35)36-19-37-33(27)40)26-12-21(13-26)6-9-25-14-22-7-8-24(34(3,4)5)16-28(22)38-25/h7-8,10-11,16,19-21,23,26,29-31,41-42H,6,9,12-15,17-18H2,1-5H3,(H2,35,36,37)/t21-,23-,26-,29-,30-,31+/m1/s1. The van der Waals surface area contributed by atoms with Crippen LogP contribution in [0.25, 0.3) is 11.0 Å². The van der Waals surface area contributed by atoms with Gasteiger partial charge in [-0.05, 0) is 72.6 Å². The molecule has 2 aromatic heterocycles. The zero-order chi connectivity index (χ0) is 29.8. The van der Waals surface area contributed by atoms with E-state index in [1.807, 2.05) is 16.8 Å². The van der Waals surface area contributed by atoms with Crippen LogP contribution in [0.3, 0.4) is 0 Å². The van der Waals surface area contributed by atoms with E-state index in [-0.39, 0.29) is 17.4 Å². The van der Waals surface area contributed by atoms with Crippen LogP contribution in [0, 0.1) is 17.8 Å². The molecule has 3 aliphatic rings. The van der Waals surface area contributed by atoms with Crippen molar-refractivity contribution in [2.45, 2.75) is 103 Å². The first-order chi connectivity index (χ1) is 20.0. The lowest BCUT2D eigenvalue weighted by molar-refractivity contribution is -0.0131. The summed E-state index contributed by atoms with van der Waals surface area (Å²) in [7, 11) is 0. The zero-order valence-corrected chi connectivity index (χ0v) is 25.9. The molecule has 1 aromatic carbocycles. The Bertz CT molecular complexity index is 1450. The van der Waals surface area contributed by atoms with Gasteiger partial charge in [-0.3, -0.25) is 9.89 Å². The Morgan fingerprint density at radius 3 is 2.60 bits per heavy atom. The number of aliphatic hydroxyl groups excluding tert-OH is 2. The van der Waals surface area contributed by atoms with E-state index in [1.54, 1.807) is 0 Å². The van der Waals surface area contributed by atoms with Crippen LogP contribution >= 0.6 is 0 Å². The number of nitrogens with two attached hydrogens (primary N) is 1. The van der Waals surface area contributed by atoms with E-state index in [0.717, 1.165) is 37.2 Å². The van der Waals surface area contributed by atoms with E-state index in [4.69, 9.17) is 10.7 Å². The van der Waals surface area contributed by atoms with Gasteiger partial charge in [-0.2, -0.15) is 0 Å². The molecule has 0 bridgehead atoms. The van der Waals surface area contributed by atoms with Crippen molar-refractivity contribution in [1.29, 1.82) is 0 Å². The molecule has 0 saturated heterocycles. The first-order valence-corrected chi connectivity index (χ1v) is 15.8. The van der Waals surface area contributed by atoms with Gasteiger partial charge in [0.1, 0.15) is 23.9 Å². The Labute approximate surface area is 250 Å². The molecule has 0 amide bonds. The van der Waals surface area contributed by atoms with Gasteiger partial charge >= 0.3 is 0 Å². The Morgan fingerprint density at radius 2 is 1.86 bits per heavy atom. The van der Waals surface area contributed by atoms with Crippen molar-refractivity contribution < 1.29 is 10.2 Å². The molecule has 3 heterocycles. The summed E-state index contributed by atoms with van der Waals surface area (Å²) in [6.45, 7) is 13.1. The van der Waals surface area contributed by atoms with Crippen molar-refractivity contribution in [3.05, 3.63) is 47.9 Å². The molecule has 0 radical (unpaired) electrons. The molecule has 1 aliphatic heterocycles. The predicted octanol–water partition coefficient (Wildman–Crippen LogP) is 5.44. The molecule has 6 rings (SSSR count). The van der Waals surface area contributed by atoms with Crippen LogP contribution in [0.15, 0.2) is 41.8 Å². The first kappa shape index (κ1) is 29.3. The molecular formula is C34H48N6O2. The number of nitrogens with zero attached hydrogens (tertiary/aromatic N) is 5. The van der Waals surface area contributed by atoms with Crippen LogP contribution in [-0.4, -0.2) is 66.7 Å². The van der Waals surface area contributed by atoms with Gasteiger partial charge in [0.05, 0.1) is 23.2 Å². The SMILES string of the molecule is CC(C)CN(C[C@H]1C[C@@H](n2ccc3c(N)ncnc32)[C@H](O)[C@@H]1O)[C@H]1C[C@H](CCC2=Nc3cc(C(C)(C)C)ccc3C2)C1. The Kier molecular flexibility index (Phi) is 7.92. The highest BCUT2D eigenvalue weighted by molar-refractivity contribution is 5.94. The molecule has 226 valence electrons. The zero-order valence-electron chi connectivity index (χ0n) is 25.9. The van der Waals surface area contributed by atoms with Gasteiger partial charge in [-0.15, -0.1) is 0 Å². The van der Waals surface area contributed by atoms with Crippen molar-refractivity contribution in [2.24, 2.45) is 22.7 Å². The van der Waals surface area contributed by atoms with Gasteiger partial charge in [0.2, 0.25) is 0 Å². The number of aliphatic hydroxyl groups is 2. The van der Waals surface area contributed by atoms with E-state index in [2.05, 4.69) is 67.7 Å². The number of aromatic nitrogens is 3. The maximum atomic E-state index is 11.1. The van der Waals surface area contributed by atoms with E-state index in [1.165, 1.54) is 48.1 Å². The van der Waals surface area contributed by atoms with Crippen LogP contribution in [-0.2, 0) is 11.8 Å². The average molecular weight is 573 g/mol. The number of benzene rings is 1. The van der Waals surface area contributed by atoms with Gasteiger partial charge in [-0.1, -0.05) is 46.8 Å². The molecular weight excluding hydrogens is 524 g/mol. The topological polar surface area (TPSA) is 113 Å². The molecule has 0 unspecified atom stereocenters. The predicted molar refractivity (Wildman–Crippen MR) is 169 cm³/mol. The number of anilines is 1. The summed E-state index contributed by atoms with van der Waals surface area (Å²) in [4.78, 5) is 16.1. The van der Waals surface area contributed by atoms with Crippen LogP contribution in [0.2, 0.25) is 0 Å². The van der Waals surface area contributed by atoms with Crippen molar-refractivity contribution in [3.63, 3.8) is 0 Å². The van der Waals surface area contributed by atoms with Gasteiger partial charge < -0.3 is 20.5 Å². The summed E-state index contributed by atoms with van der Waals surface area (Å²) < 4.78 is 1.97. The Morgan fingerprint density at radius 1 is 1.07 bits per heavy atom. The molecule has 42 heavy (non-hydrogen) atoms. The van der Waals surface area contributed by atoms with Crippen molar-refractivity contribution in [3.8, 4) is 0 Å². The number of nitrogen functional groups attached to an aromatic ring is 1. The smallest absolute Gasteiger partial charge is 0.145 e. The summed E-state index contributed by atoms with van der Waals surface area (Å²) in [6, 6.07) is 9.03. The summed E-state index contributed by atoms with van der Waals surface area (Å²) in [5.74, 6) is 1.71. The first-order valence-electron chi connectivity index (χ1n) is 15.8. The lowest BCUT2D eigenvalue weighted by Crippen LogP contribution is -2.49. The van der Waals surface area contributed by atoms with Crippen molar-refractivity contribution in [1.82, 2.24) is 19.4 Å². The Hall–Kier alpha value is -2.81. The van der Waals surface area contributed by atoms with E-state index >= 15 is 0 Å². The fraction of sp³-hybridized carbons (Fsp3) is 0.618. The number of hydrogen-bond donors (Lipinski definition) is 3. The second kappa shape index (κ2) is 11.4. The largest absolute Gasteiger partial charge is 0.390 e. The number of rotatable bonds is 9. The van der Waals surface area contributed by atoms with Crippen LogP contribution < -0.4 is 5.73 Å². The monoisotopic (exact) mass is 572 g/mol. The molecule has 8 nitrogen and oxygen atoms in total. The molecule has 0 spiro atoms. The maximum absolute atomic E-state index is 11.1. The van der Waals surface area contributed by atoms with E-state index in [9.17, 15) is 10.2 Å². The minimum absolute atomic E-state index is 0.00349. The van der Waals surface area contributed by atoms with Crippen LogP contribution in [0.5, 0.6) is 0 Å². The normalized spacial score (nSPS) is 27.6. The van der Waals surface area contributed by atoms with Gasteiger partial charge in [0.15, 0.2) is 0 Å². The highest BCUT2D eigenvalue weighted by Crippen LogP contribution is 2.42. The van der Waals surface area contributed by atoms with E-state index < -0.39 is 12.2 Å². The fourth-order valence-electron chi connectivity index (χ4n) is 7.42. The third-order valence-corrected chi connectivity index (χ3v) is 9.93. The second-order valence-electron chi connectivity index (χ2n) is 14.6. The van der Waals surface area contributed by atoms with Gasteiger partial charge in [0, 0.05) is 43.4 Å². The highest BCUT2D eigenvalue weighted by atomic mass is 16.3. The molecule has 4 atom stereocenters. The van der Waals surface area contributed by atoms with Crippen LogP contribution in [0.4, 0.5) is 11.5 Å². The molecule has 3 aromatic rings.